The molecular weight excluding hydrogens is 246 g/mol. The molecule has 5 heteroatoms. The van der Waals surface area contributed by atoms with Gasteiger partial charge < -0.3 is 14.4 Å². The molecule has 0 saturated heterocycles. The normalized spacial score (nSPS) is 23.9. The molecule has 0 aromatic carbocycles. The highest BCUT2D eigenvalue weighted by atomic mass is 16.4. The van der Waals surface area contributed by atoms with Crippen molar-refractivity contribution in [2.45, 2.75) is 27.3 Å². The van der Waals surface area contributed by atoms with Gasteiger partial charge in [0.2, 0.25) is 5.91 Å². The lowest BCUT2D eigenvalue weighted by Crippen LogP contribution is -2.33. The van der Waals surface area contributed by atoms with Crippen molar-refractivity contribution in [3.63, 3.8) is 0 Å². The second-order valence-electron chi connectivity index (χ2n) is 5.55. The van der Waals surface area contributed by atoms with Crippen LogP contribution in [0.4, 0.5) is 0 Å². The van der Waals surface area contributed by atoms with Crippen molar-refractivity contribution in [3.05, 3.63) is 24.2 Å². The van der Waals surface area contributed by atoms with Gasteiger partial charge in [-0.05, 0) is 24.5 Å². The largest absolute Gasteiger partial charge is 0.481 e. The highest BCUT2D eigenvalue weighted by molar-refractivity contribution is 5.91. The first kappa shape index (κ1) is 13.6. The molecule has 1 amide bonds. The first-order valence-electron chi connectivity index (χ1n) is 6.43. The number of carbonyl (C=O) groups excluding carboxylic acids is 1. The number of carboxylic acids is 1. The molecule has 0 bridgehead atoms. The summed E-state index contributed by atoms with van der Waals surface area (Å²) in [7, 11) is 0. The number of hydrogen-bond acceptors (Lipinski definition) is 3. The van der Waals surface area contributed by atoms with Gasteiger partial charge in [-0.15, -0.1) is 0 Å². The lowest BCUT2D eigenvalue weighted by molar-refractivity contribution is -0.142. The van der Waals surface area contributed by atoms with E-state index in [2.05, 4.69) is 0 Å². The summed E-state index contributed by atoms with van der Waals surface area (Å²) in [5.74, 6) is -1.29. The third-order valence-corrected chi connectivity index (χ3v) is 3.98. The lowest BCUT2D eigenvalue weighted by Gasteiger charge is -2.20. The molecule has 5 nitrogen and oxygen atoms in total. The van der Waals surface area contributed by atoms with Crippen LogP contribution in [0.3, 0.4) is 0 Å². The molecule has 2 atom stereocenters. The minimum absolute atomic E-state index is 0.101. The lowest BCUT2D eigenvalue weighted by atomic mass is 10.1. The van der Waals surface area contributed by atoms with E-state index >= 15 is 0 Å². The molecule has 0 aliphatic heterocycles. The predicted octanol–water partition coefficient (Wildman–Crippen LogP) is 1.98. The third-order valence-electron chi connectivity index (χ3n) is 3.98. The molecule has 0 radical (unpaired) electrons. The zero-order chi connectivity index (χ0) is 14.2. The summed E-state index contributed by atoms with van der Waals surface area (Å²) in [6, 6.07) is 3.58. The molecule has 1 aromatic heterocycles. The summed E-state index contributed by atoms with van der Waals surface area (Å²) < 4.78 is 5.23. The molecule has 1 heterocycles. The van der Waals surface area contributed by atoms with E-state index in [9.17, 15) is 9.59 Å². The van der Waals surface area contributed by atoms with Crippen molar-refractivity contribution in [2.24, 2.45) is 17.3 Å². The summed E-state index contributed by atoms with van der Waals surface area (Å²) in [5, 5.41) is 9.13. The van der Waals surface area contributed by atoms with Crippen molar-refractivity contribution >= 4 is 11.9 Å². The van der Waals surface area contributed by atoms with Crippen molar-refractivity contribution in [2.75, 3.05) is 6.54 Å². The van der Waals surface area contributed by atoms with Crippen LogP contribution in [0.1, 0.15) is 26.5 Å². The highest BCUT2D eigenvalue weighted by Crippen LogP contribution is 2.59. The summed E-state index contributed by atoms with van der Waals surface area (Å²) >= 11 is 0. The van der Waals surface area contributed by atoms with Crippen LogP contribution in [-0.4, -0.2) is 28.4 Å². The number of furan rings is 1. The van der Waals surface area contributed by atoms with Crippen molar-refractivity contribution in [1.82, 2.24) is 4.90 Å². The first-order chi connectivity index (χ1) is 8.89. The molecule has 1 aliphatic rings. The minimum atomic E-state index is -0.891. The fourth-order valence-electron chi connectivity index (χ4n) is 2.69. The quantitative estimate of drug-likeness (QED) is 0.883. The topological polar surface area (TPSA) is 70.8 Å². The van der Waals surface area contributed by atoms with Gasteiger partial charge in [0.1, 0.15) is 5.76 Å². The average molecular weight is 265 g/mol. The molecule has 0 spiro atoms. The van der Waals surface area contributed by atoms with Crippen LogP contribution in [0.5, 0.6) is 0 Å². The number of carboxylic acid groups (broad SMARTS) is 1. The van der Waals surface area contributed by atoms with Crippen LogP contribution in [-0.2, 0) is 16.1 Å². The van der Waals surface area contributed by atoms with Crippen LogP contribution >= 0.6 is 0 Å². The van der Waals surface area contributed by atoms with Gasteiger partial charge in [-0.3, -0.25) is 9.59 Å². The Kier molecular flexibility index (Phi) is 3.39. The summed E-state index contributed by atoms with van der Waals surface area (Å²) in [6.45, 7) is 6.47. The Morgan fingerprint density at radius 1 is 1.42 bits per heavy atom. The molecule has 104 valence electrons. The molecule has 0 unspecified atom stereocenters. The van der Waals surface area contributed by atoms with Gasteiger partial charge >= 0.3 is 5.97 Å². The second-order valence-corrected chi connectivity index (χ2v) is 5.55. The van der Waals surface area contributed by atoms with Crippen molar-refractivity contribution in [1.29, 1.82) is 0 Å². The van der Waals surface area contributed by atoms with Gasteiger partial charge in [0.25, 0.3) is 0 Å². The Morgan fingerprint density at radius 3 is 2.53 bits per heavy atom. The molecule has 1 saturated carbocycles. The maximum absolute atomic E-state index is 12.4. The first-order valence-corrected chi connectivity index (χ1v) is 6.43. The van der Waals surface area contributed by atoms with E-state index < -0.39 is 23.2 Å². The van der Waals surface area contributed by atoms with Gasteiger partial charge in [-0.25, -0.2) is 0 Å². The Labute approximate surface area is 112 Å². The maximum Gasteiger partial charge on any atom is 0.307 e. The number of nitrogens with zero attached hydrogens (tertiary/aromatic N) is 1. The number of carbonyl (C=O) groups is 2. The number of aliphatic carboxylic acids is 1. The maximum atomic E-state index is 12.4. The zero-order valence-electron chi connectivity index (χ0n) is 11.4. The van der Waals surface area contributed by atoms with Gasteiger partial charge in [0.15, 0.2) is 0 Å². The Morgan fingerprint density at radius 2 is 2.11 bits per heavy atom. The third kappa shape index (κ3) is 2.37. The molecule has 2 rings (SSSR count). The summed E-state index contributed by atoms with van der Waals surface area (Å²) in [6.07, 6.45) is 1.56. The average Bonchev–Trinajstić information content (AvgIpc) is 2.73. The Hall–Kier alpha value is -1.78. The molecule has 1 fully saturated rings. The van der Waals surface area contributed by atoms with Crippen LogP contribution in [0.25, 0.3) is 0 Å². The molecule has 1 N–H and O–H groups in total. The fraction of sp³-hybridized carbons (Fsp3) is 0.571. The van der Waals surface area contributed by atoms with Gasteiger partial charge in [-0.1, -0.05) is 13.8 Å². The summed E-state index contributed by atoms with van der Waals surface area (Å²) in [4.78, 5) is 25.2. The number of hydrogen-bond donors (Lipinski definition) is 1. The van der Waals surface area contributed by atoms with Crippen LogP contribution in [0.15, 0.2) is 22.8 Å². The van der Waals surface area contributed by atoms with E-state index in [1.807, 2.05) is 26.8 Å². The van der Waals surface area contributed by atoms with Gasteiger partial charge in [0.05, 0.1) is 24.6 Å². The smallest absolute Gasteiger partial charge is 0.307 e. The van der Waals surface area contributed by atoms with E-state index in [0.29, 0.717) is 18.8 Å². The van der Waals surface area contributed by atoms with E-state index in [-0.39, 0.29) is 5.91 Å². The molecule has 1 aliphatic carbocycles. The second kappa shape index (κ2) is 4.72. The van der Waals surface area contributed by atoms with Crippen molar-refractivity contribution < 1.29 is 19.1 Å². The van der Waals surface area contributed by atoms with E-state index in [4.69, 9.17) is 9.52 Å². The predicted molar refractivity (Wildman–Crippen MR) is 68.2 cm³/mol. The number of amides is 1. The van der Waals surface area contributed by atoms with Gasteiger partial charge in [0, 0.05) is 6.54 Å². The Bertz CT molecular complexity index is 478. The van der Waals surface area contributed by atoms with E-state index in [1.54, 1.807) is 17.2 Å². The van der Waals surface area contributed by atoms with Crippen molar-refractivity contribution in [3.8, 4) is 0 Å². The Balaban J connectivity index is 2.08. The standard InChI is InChI=1S/C14H19NO4/c1-4-15(8-9-6-5-7-19-9)12(16)10-11(13(17)18)14(10,2)3/h5-7,10-11H,4,8H2,1-3H3,(H,17,18)/t10-,11+/m1/s1. The van der Waals surface area contributed by atoms with E-state index in [1.165, 1.54) is 0 Å². The van der Waals surface area contributed by atoms with Crippen LogP contribution < -0.4 is 0 Å². The molecule has 1 aromatic rings. The van der Waals surface area contributed by atoms with Crippen LogP contribution in [0, 0.1) is 17.3 Å². The SMILES string of the molecule is CCN(Cc1ccco1)C(=O)[C@H]1[C@@H](C(=O)O)C1(C)C. The highest BCUT2D eigenvalue weighted by Gasteiger charge is 2.66. The summed E-state index contributed by atoms with van der Waals surface area (Å²) in [5.41, 5.74) is -0.459. The van der Waals surface area contributed by atoms with E-state index in [0.717, 1.165) is 0 Å². The molecule has 19 heavy (non-hydrogen) atoms. The van der Waals surface area contributed by atoms with Gasteiger partial charge in [-0.2, -0.15) is 0 Å². The number of rotatable bonds is 5. The minimum Gasteiger partial charge on any atom is -0.481 e. The fourth-order valence-corrected chi connectivity index (χ4v) is 2.69. The monoisotopic (exact) mass is 265 g/mol. The molecular formula is C14H19NO4. The van der Waals surface area contributed by atoms with Crippen LogP contribution in [0.2, 0.25) is 0 Å². The zero-order valence-corrected chi connectivity index (χ0v) is 11.4.